The maximum atomic E-state index is 12.3. The Labute approximate surface area is 121 Å². The summed E-state index contributed by atoms with van der Waals surface area (Å²) in [5.41, 5.74) is 2.20. The van der Waals surface area contributed by atoms with E-state index in [1.807, 2.05) is 12.1 Å². The van der Waals surface area contributed by atoms with Crippen LogP contribution < -0.4 is 5.73 Å². The van der Waals surface area contributed by atoms with Gasteiger partial charge in [-0.15, -0.1) is 0 Å². The van der Waals surface area contributed by atoms with Crippen molar-refractivity contribution in [3.63, 3.8) is 0 Å². The van der Waals surface area contributed by atoms with Gasteiger partial charge in [0.15, 0.2) is 10.8 Å². The molecule has 4 unspecified atom stereocenters. The van der Waals surface area contributed by atoms with Crippen LogP contribution in [-0.2, 0) is 19.1 Å². The zero-order valence-electron chi connectivity index (χ0n) is 11.8. The van der Waals surface area contributed by atoms with E-state index in [0.717, 1.165) is 0 Å². The molecule has 1 saturated heterocycles. The molecule has 0 aliphatic carbocycles. The number of hydrogen-bond acceptors (Lipinski definition) is 7. The average Bonchev–Trinajstić information content (AvgIpc) is 2.62. The molecule has 2 N–H and O–H groups in total. The van der Waals surface area contributed by atoms with E-state index in [1.165, 1.54) is 20.8 Å². The van der Waals surface area contributed by atoms with E-state index in [0.29, 0.717) is 0 Å². The minimum Gasteiger partial charge on any atom is -0.433 e. The number of aliphatic imine (C=N–C) groups is 1. The molecule has 0 saturated carbocycles. The first-order valence-electron chi connectivity index (χ1n) is 6.25. The molecule has 0 aromatic carbocycles. The third-order valence-corrected chi connectivity index (χ3v) is 4.39. The Balaban J connectivity index is 2.63. The number of rotatable bonds is 1. The van der Waals surface area contributed by atoms with Gasteiger partial charge in [0.25, 0.3) is 5.91 Å². The van der Waals surface area contributed by atoms with Crippen molar-refractivity contribution < 1.29 is 19.1 Å². The van der Waals surface area contributed by atoms with Crippen molar-refractivity contribution >= 4 is 17.7 Å². The number of ether oxygens (including phenoxy) is 2. The fraction of sp³-hybridized carbons (Fsp3) is 0.615. The summed E-state index contributed by atoms with van der Waals surface area (Å²) in [5, 5.41) is 19.1. The molecule has 2 aliphatic rings. The lowest BCUT2D eigenvalue weighted by molar-refractivity contribution is -0.288. The van der Waals surface area contributed by atoms with Crippen molar-refractivity contribution in [2.24, 2.45) is 27.5 Å². The maximum Gasteiger partial charge on any atom is 0.305 e. The number of carbonyl (C=O) groups excluding carboxylic acids is 2. The molecular formula is C13H14N4O4. The third kappa shape index (κ3) is 1.54. The lowest BCUT2D eigenvalue weighted by Crippen LogP contribution is -2.65. The first-order chi connectivity index (χ1) is 9.70. The number of hydrogen-bond donors (Lipinski definition) is 1. The SMILES string of the molecule is CC(=O)OC1(C)OCC2(C#N)C(N)=NC(=O)C2(C#N)C1C. The Morgan fingerprint density at radius 2 is 2.14 bits per heavy atom. The van der Waals surface area contributed by atoms with Crippen molar-refractivity contribution in [2.45, 2.75) is 26.6 Å². The maximum absolute atomic E-state index is 12.3. The highest BCUT2D eigenvalue weighted by Gasteiger charge is 2.74. The van der Waals surface area contributed by atoms with Gasteiger partial charge in [0, 0.05) is 13.8 Å². The van der Waals surface area contributed by atoms with Crippen molar-refractivity contribution in [1.82, 2.24) is 0 Å². The van der Waals surface area contributed by atoms with Gasteiger partial charge >= 0.3 is 5.97 Å². The van der Waals surface area contributed by atoms with Crippen LogP contribution in [0.3, 0.4) is 0 Å². The highest BCUT2D eigenvalue weighted by molar-refractivity contribution is 6.11. The number of amides is 1. The molecule has 2 rings (SSSR count). The smallest absolute Gasteiger partial charge is 0.305 e. The quantitative estimate of drug-likeness (QED) is 0.662. The van der Waals surface area contributed by atoms with E-state index in [4.69, 9.17) is 15.2 Å². The van der Waals surface area contributed by atoms with Crippen LogP contribution >= 0.6 is 0 Å². The molecule has 0 spiro atoms. The molecule has 21 heavy (non-hydrogen) atoms. The Kier molecular flexibility index (Phi) is 3.04. The predicted molar refractivity (Wildman–Crippen MR) is 68.0 cm³/mol. The Hall–Kier alpha value is -2.45. The molecule has 0 radical (unpaired) electrons. The molecule has 8 heteroatoms. The number of nitrogens with zero attached hydrogens (tertiary/aromatic N) is 3. The summed E-state index contributed by atoms with van der Waals surface area (Å²) in [4.78, 5) is 27.1. The second kappa shape index (κ2) is 4.27. The van der Waals surface area contributed by atoms with Gasteiger partial charge in [0.2, 0.25) is 5.79 Å². The third-order valence-electron chi connectivity index (χ3n) is 4.39. The first-order valence-corrected chi connectivity index (χ1v) is 6.25. The van der Waals surface area contributed by atoms with Crippen LogP contribution in [0.15, 0.2) is 4.99 Å². The monoisotopic (exact) mass is 290 g/mol. The second-order valence-corrected chi connectivity index (χ2v) is 5.36. The van der Waals surface area contributed by atoms with Crippen molar-refractivity contribution in [2.75, 3.05) is 6.61 Å². The van der Waals surface area contributed by atoms with Crippen molar-refractivity contribution in [3.05, 3.63) is 0 Å². The minimum atomic E-state index is -1.84. The molecule has 1 fully saturated rings. The summed E-state index contributed by atoms with van der Waals surface area (Å²) in [5.74, 6) is -4.12. The van der Waals surface area contributed by atoms with Gasteiger partial charge in [0.05, 0.1) is 24.7 Å². The molecule has 8 nitrogen and oxygen atoms in total. The van der Waals surface area contributed by atoms with Gasteiger partial charge in [-0.25, -0.2) is 0 Å². The number of fused-ring (bicyclic) bond motifs is 1. The number of carbonyl (C=O) groups is 2. The van der Waals surface area contributed by atoms with E-state index < -0.39 is 34.4 Å². The zero-order chi connectivity index (χ0) is 16.1. The number of nitriles is 2. The zero-order valence-corrected chi connectivity index (χ0v) is 11.8. The summed E-state index contributed by atoms with van der Waals surface area (Å²) in [6.45, 7) is 3.78. The molecule has 2 heterocycles. The van der Waals surface area contributed by atoms with Gasteiger partial charge in [-0.1, -0.05) is 6.92 Å². The van der Waals surface area contributed by atoms with Crippen LogP contribution in [0.25, 0.3) is 0 Å². The number of esters is 1. The van der Waals surface area contributed by atoms with Gasteiger partial charge in [0.1, 0.15) is 5.84 Å². The highest BCUT2D eigenvalue weighted by Crippen LogP contribution is 2.57. The van der Waals surface area contributed by atoms with Gasteiger partial charge < -0.3 is 15.2 Å². The summed E-state index contributed by atoms with van der Waals surface area (Å²) in [6.07, 6.45) is 0. The van der Waals surface area contributed by atoms with Crippen LogP contribution in [0.4, 0.5) is 0 Å². The van der Waals surface area contributed by atoms with Crippen LogP contribution in [0.2, 0.25) is 0 Å². The van der Waals surface area contributed by atoms with Gasteiger partial charge in [-0.05, 0) is 0 Å². The molecule has 110 valence electrons. The average molecular weight is 290 g/mol. The fourth-order valence-corrected chi connectivity index (χ4v) is 3.01. The predicted octanol–water partition coefficient (Wildman–Crippen LogP) is -0.151. The van der Waals surface area contributed by atoms with Crippen LogP contribution in [0.5, 0.6) is 0 Å². The van der Waals surface area contributed by atoms with Crippen molar-refractivity contribution in [3.8, 4) is 12.1 Å². The lowest BCUT2D eigenvalue weighted by Gasteiger charge is -2.50. The Morgan fingerprint density at radius 1 is 1.52 bits per heavy atom. The standard InChI is InChI=1S/C13H14N4O4/c1-7-11(3,21-8(2)18)20-6-12(4-14)9(16)17-10(19)13(7,12)5-15/h7H,6H2,1-3H3,(H2,16,17,19). The molecular weight excluding hydrogens is 276 g/mol. The van der Waals surface area contributed by atoms with E-state index in [-0.39, 0.29) is 12.4 Å². The van der Waals surface area contributed by atoms with Gasteiger partial charge in [-0.3, -0.25) is 9.59 Å². The molecule has 0 aromatic rings. The van der Waals surface area contributed by atoms with E-state index in [9.17, 15) is 20.1 Å². The van der Waals surface area contributed by atoms with E-state index >= 15 is 0 Å². The van der Waals surface area contributed by atoms with Crippen molar-refractivity contribution in [1.29, 1.82) is 10.5 Å². The van der Waals surface area contributed by atoms with Crippen LogP contribution in [0, 0.1) is 39.4 Å². The largest absolute Gasteiger partial charge is 0.433 e. The lowest BCUT2D eigenvalue weighted by atomic mass is 9.56. The fourth-order valence-electron chi connectivity index (χ4n) is 3.01. The molecule has 4 atom stereocenters. The summed E-state index contributed by atoms with van der Waals surface area (Å²) >= 11 is 0. The Morgan fingerprint density at radius 3 is 2.62 bits per heavy atom. The van der Waals surface area contributed by atoms with Crippen LogP contribution in [0.1, 0.15) is 20.8 Å². The van der Waals surface area contributed by atoms with E-state index in [2.05, 4.69) is 4.99 Å². The minimum absolute atomic E-state index is 0.242. The molecule has 0 bridgehead atoms. The van der Waals surface area contributed by atoms with E-state index in [1.54, 1.807) is 0 Å². The second-order valence-electron chi connectivity index (χ2n) is 5.36. The summed E-state index contributed by atoms with van der Waals surface area (Å²) < 4.78 is 10.6. The first kappa shape index (κ1) is 14.9. The van der Waals surface area contributed by atoms with Crippen LogP contribution in [-0.4, -0.2) is 30.1 Å². The molecule has 1 amide bonds. The summed E-state index contributed by atoms with van der Waals surface area (Å²) in [6, 6.07) is 3.80. The topological polar surface area (TPSA) is 139 Å². The Bertz CT molecular complexity index is 646. The summed E-state index contributed by atoms with van der Waals surface area (Å²) in [7, 11) is 0. The van der Waals surface area contributed by atoms with Gasteiger partial charge in [-0.2, -0.15) is 15.5 Å². The number of nitrogens with two attached hydrogens (primary N) is 1. The molecule has 2 aliphatic heterocycles. The highest BCUT2D eigenvalue weighted by atomic mass is 16.7. The normalized spacial score (nSPS) is 41.5. The molecule has 0 aromatic heterocycles. The number of amidine groups is 1.